The van der Waals surface area contributed by atoms with Gasteiger partial charge in [0.25, 0.3) is 0 Å². The Balaban J connectivity index is 3.06. The lowest BCUT2D eigenvalue weighted by molar-refractivity contribution is -0.0400. The van der Waals surface area contributed by atoms with E-state index < -0.39 is 6.29 Å². The summed E-state index contributed by atoms with van der Waals surface area (Å²) in [4.78, 5) is -0.162. The standard InChI is InChI=1S/C10H20Br2O2/c11-8-6-4-2-1-3-5-7-9(12)10(13)14/h9-10,13-14H,1-8H2. The van der Waals surface area contributed by atoms with Crippen LogP contribution in [0.2, 0.25) is 0 Å². The molecule has 0 aliphatic carbocycles. The normalized spacial score (nSPS) is 13.5. The highest BCUT2D eigenvalue weighted by Crippen LogP contribution is 2.15. The van der Waals surface area contributed by atoms with E-state index in [4.69, 9.17) is 10.2 Å². The number of aliphatic hydroxyl groups is 2. The maximum absolute atomic E-state index is 8.80. The highest BCUT2D eigenvalue weighted by atomic mass is 79.9. The number of alkyl halides is 2. The second-order valence-corrected chi connectivity index (χ2v) is 5.50. The van der Waals surface area contributed by atoms with Gasteiger partial charge in [-0.25, -0.2) is 0 Å². The van der Waals surface area contributed by atoms with E-state index in [9.17, 15) is 0 Å². The Morgan fingerprint density at radius 2 is 1.36 bits per heavy atom. The smallest absolute Gasteiger partial charge is 0.164 e. The quantitative estimate of drug-likeness (QED) is 0.387. The lowest BCUT2D eigenvalue weighted by atomic mass is 10.1. The van der Waals surface area contributed by atoms with Gasteiger partial charge in [-0.15, -0.1) is 0 Å². The van der Waals surface area contributed by atoms with Crippen LogP contribution in [-0.4, -0.2) is 26.7 Å². The van der Waals surface area contributed by atoms with Crippen molar-refractivity contribution in [3.05, 3.63) is 0 Å². The molecule has 0 radical (unpaired) electrons. The third kappa shape index (κ3) is 9.44. The van der Waals surface area contributed by atoms with Crippen LogP contribution in [0.15, 0.2) is 0 Å². The fraction of sp³-hybridized carbons (Fsp3) is 1.00. The van der Waals surface area contributed by atoms with Crippen LogP contribution in [0.1, 0.15) is 44.9 Å². The summed E-state index contributed by atoms with van der Waals surface area (Å²) in [6.45, 7) is 0. The van der Waals surface area contributed by atoms with E-state index in [1.165, 1.54) is 32.1 Å². The first kappa shape index (κ1) is 14.9. The average Bonchev–Trinajstić information content (AvgIpc) is 2.16. The summed E-state index contributed by atoms with van der Waals surface area (Å²) in [5, 5.41) is 18.7. The molecule has 0 aliphatic heterocycles. The Bertz CT molecular complexity index is 121. The molecule has 86 valence electrons. The van der Waals surface area contributed by atoms with Gasteiger partial charge in [-0.2, -0.15) is 0 Å². The third-order valence-electron chi connectivity index (χ3n) is 2.19. The zero-order valence-electron chi connectivity index (χ0n) is 8.46. The zero-order chi connectivity index (χ0) is 10.8. The van der Waals surface area contributed by atoms with Gasteiger partial charge in [-0.05, 0) is 12.8 Å². The lowest BCUT2D eigenvalue weighted by Gasteiger charge is -2.10. The Morgan fingerprint density at radius 3 is 1.86 bits per heavy atom. The van der Waals surface area contributed by atoms with E-state index in [0.29, 0.717) is 0 Å². The number of aliphatic hydroxyl groups excluding tert-OH is 1. The summed E-state index contributed by atoms with van der Waals surface area (Å²) in [6.07, 6.45) is 6.99. The van der Waals surface area contributed by atoms with Gasteiger partial charge in [0.1, 0.15) is 0 Å². The minimum absolute atomic E-state index is 0.162. The van der Waals surface area contributed by atoms with Gasteiger partial charge in [-0.3, -0.25) is 0 Å². The summed E-state index contributed by atoms with van der Waals surface area (Å²) in [6, 6.07) is 0. The van der Waals surface area contributed by atoms with Gasteiger partial charge >= 0.3 is 0 Å². The molecule has 0 aromatic carbocycles. The monoisotopic (exact) mass is 330 g/mol. The van der Waals surface area contributed by atoms with Crippen LogP contribution in [0.5, 0.6) is 0 Å². The molecule has 0 rings (SSSR count). The number of unbranched alkanes of at least 4 members (excludes halogenated alkanes) is 5. The number of hydrogen-bond donors (Lipinski definition) is 2. The minimum Gasteiger partial charge on any atom is -0.367 e. The van der Waals surface area contributed by atoms with Crippen LogP contribution < -0.4 is 0 Å². The number of hydrogen-bond acceptors (Lipinski definition) is 2. The highest BCUT2D eigenvalue weighted by Gasteiger charge is 2.10. The predicted octanol–water partition coefficient (Wildman–Crippen LogP) is 3.19. The maximum Gasteiger partial charge on any atom is 0.164 e. The largest absolute Gasteiger partial charge is 0.367 e. The average molecular weight is 332 g/mol. The Labute approximate surface area is 103 Å². The van der Waals surface area contributed by atoms with E-state index in [2.05, 4.69) is 31.9 Å². The Morgan fingerprint density at radius 1 is 0.857 bits per heavy atom. The van der Waals surface area contributed by atoms with E-state index in [-0.39, 0.29) is 4.83 Å². The fourth-order valence-corrected chi connectivity index (χ4v) is 2.01. The molecular formula is C10H20Br2O2. The van der Waals surface area contributed by atoms with Crippen LogP contribution in [0.25, 0.3) is 0 Å². The molecule has 0 spiro atoms. The number of rotatable bonds is 9. The molecule has 0 saturated heterocycles. The van der Waals surface area contributed by atoms with Crippen LogP contribution in [0, 0.1) is 0 Å². The molecule has 1 atom stereocenters. The first-order chi connectivity index (χ1) is 6.68. The molecule has 0 heterocycles. The zero-order valence-corrected chi connectivity index (χ0v) is 11.6. The second kappa shape index (κ2) is 10.4. The minimum atomic E-state index is -1.22. The molecule has 0 bridgehead atoms. The fourth-order valence-electron chi connectivity index (χ4n) is 1.29. The lowest BCUT2D eigenvalue weighted by Crippen LogP contribution is -2.18. The van der Waals surface area contributed by atoms with Gasteiger partial charge in [0, 0.05) is 5.33 Å². The first-order valence-corrected chi connectivity index (χ1v) is 7.28. The van der Waals surface area contributed by atoms with Crippen LogP contribution in [0.4, 0.5) is 0 Å². The van der Waals surface area contributed by atoms with Gasteiger partial charge in [0.05, 0.1) is 4.83 Å². The van der Waals surface area contributed by atoms with Crippen molar-refractivity contribution in [2.45, 2.75) is 56.1 Å². The van der Waals surface area contributed by atoms with Crippen molar-refractivity contribution < 1.29 is 10.2 Å². The molecule has 0 aliphatic rings. The third-order valence-corrected chi connectivity index (χ3v) is 3.68. The molecule has 14 heavy (non-hydrogen) atoms. The van der Waals surface area contributed by atoms with E-state index >= 15 is 0 Å². The van der Waals surface area contributed by atoms with Crippen molar-refractivity contribution in [1.82, 2.24) is 0 Å². The highest BCUT2D eigenvalue weighted by molar-refractivity contribution is 9.09. The molecule has 0 aromatic heterocycles. The van der Waals surface area contributed by atoms with Crippen molar-refractivity contribution in [3.63, 3.8) is 0 Å². The van der Waals surface area contributed by atoms with Crippen molar-refractivity contribution in [3.8, 4) is 0 Å². The van der Waals surface area contributed by atoms with Crippen molar-refractivity contribution in [2.24, 2.45) is 0 Å². The van der Waals surface area contributed by atoms with E-state index in [1.54, 1.807) is 0 Å². The van der Waals surface area contributed by atoms with Gasteiger partial charge < -0.3 is 10.2 Å². The van der Waals surface area contributed by atoms with E-state index in [0.717, 1.165) is 18.2 Å². The molecular weight excluding hydrogens is 312 g/mol. The summed E-state index contributed by atoms with van der Waals surface area (Å²) >= 11 is 6.64. The topological polar surface area (TPSA) is 40.5 Å². The molecule has 1 unspecified atom stereocenters. The SMILES string of the molecule is OC(O)C(Br)CCCCCCCCBr. The molecule has 4 heteroatoms. The van der Waals surface area contributed by atoms with Gasteiger partial charge in [0.2, 0.25) is 0 Å². The summed E-state index contributed by atoms with van der Waals surface area (Å²) in [7, 11) is 0. The molecule has 0 saturated carbocycles. The van der Waals surface area contributed by atoms with Crippen molar-refractivity contribution >= 4 is 31.9 Å². The van der Waals surface area contributed by atoms with Gasteiger partial charge in [-0.1, -0.05) is 64.0 Å². The van der Waals surface area contributed by atoms with E-state index in [1.807, 2.05) is 0 Å². The summed E-state index contributed by atoms with van der Waals surface area (Å²) in [5.74, 6) is 0. The van der Waals surface area contributed by atoms with Crippen LogP contribution >= 0.6 is 31.9 Å². The van der Waals surface area contributed by atoms with Crippen LogP contribution in [0.3, 0.4) is 0 Å². The number of halogens is 2. The molecule has 0 fully saturated rings. The first-order valence-electron chi connectivity index (χ1n) is 5.24. The predicted molar refractivity (Wildman–Crippen MR) is 67.1 cm³/mol. The van der Waals surface area contributed by atoms with Gasteiger partial charge in [0.15, 0.2) is 6.29 Å². The molecule has 2 N–H and O–H groups in total. The second-order valence-electron chi connectivity index (χ2n) is 3.53. The van der Waals surface area contributed by atoms with Crippen LogP contribution in [-0.2, 0) is 0 Å². The molecule has 2 nitrogen and oxygen atoms in total. The maximum atomic E-state index is 8.80. The summed E-state index contributed by atoms with van der Waals surface area (Å²) < 4.78 is 0. The van der Waals surface area contributed by atoms with Crippen molar-refractivity contribution in [1.29, 1.82) is 0 Å². The Hall–Kier alpha value is 0.880. The summed E-state index contributed by atoms with van der Waals surface area (Å²) in [5.41, 5.74) is 0. The molecule has 0 amide bonds. The van der Waals surface area contributed by atoms with Crippen molar-refractivity contribution in [2.75, 3.05) is 5.33 Å². The molecule has 0 aromatic rings. The Kier molecular flexibility index (Phi) is 11.1.